The lowest BCUT2D eigenvalue weighted by Crippen LogP contribution is -2.04. The van der Waals surface area contributed by atoms with E-state index in [1.54, 1.807) is 30.5 Å². The van der Waals surface area contributed by atoms with E-state index >= 15 is 0 Å². The summed E-state index contributed by atoms with van der Waals surface area (Å²) < 4.78 is 27.2. The standard InChI is InChI=1S/C15H12F2N6/c16-11-1-5-13(6-2-11)19-18-10-9-15-20-21-22-23(15)14-7-3-12(17)4-8-14/h1-8,10,19H,9H2. The SMILES string of the molecule is Fc1ccc(NN=CCc2nnnn2-c2ccc(F)cc2)cc1. The summed E-state index contributed by atoms with van der Waals surface area (Å²) in [5, 5.41) is 15.4. The van der Waals surface area contributed by atoms with Gasteiger partial charge >= 0.3 is 0 Å². The van der Waals surface area contributed by atoms with Gasteiger partial charge in [-0.2, -0.15) is 9.78 Å². The van der Waals surface area contributed by atoms with Crippen LogP contribution < -0.4 is 5.43 Å². The second-order valence-corrected chi connectivity index (χ2v) is 4.62. The smallest absolute Gasteiger partial charge is 0.162 e. The molecule has 0 spiro atoms. The highest BCUT2D eigenvalue weighted by molar-refractivity contribution is 5.62. The van der Waals surface area contributed by atoms with Gasteiger partial charge < -0.3 is 0 Å². The van der Waals surface area contributed by atoms with Crippen molar-refractivity contribution < 1.29 is 8.78 Å². The number of nitrogens with zero attached hydrogens (tertiary/aromatic N) is 5. The summed E-state index contributed by atoms with van der Waals surface area (Å²) in [6.45, 7) is 0. The molecule has 0 amide bonds. The zero-order chi connectivity index (χ0) is 16.1. The molecule has 116 valence electrons. The fourth-order valence-electron chi connectivity index (χ4n) is 1.89. The van der Waals surface area contributed by atoms with Crippen LogP contribution in [0.5, 0.6) is 0 Å². The predicted octanol–water partition coefficient (Wildman–Crippen LogP) is 2.58. The van der Waals surface area contributed by atoms with Gasteiger partial charge in [0.05, 0.1) is 11.4 Å². The molecule has 6 nitrogen and oxygen atoms in total. The Hall–Kier alpha value is -3.16. The average molecular weight is 314 g/mol. The average Bonchev–Trinajstić information content (AvgIpc) is 3.02. The first kappa shape index (κ1) is 14.8. The van der Waals surface area contributed by atoms with Crippen LogP contribution in [0, 0.1) is 11.6 Å². The van der Waals surface area contributed by atoms with Crippen LogP contribution in [0.25, 0.3) is 5.69 Å². The lowest BCUT2D eigenvalue weighted by molar-refractivity contribution is 0.626. The minimum atomic E-state index is -0.326. The molecule has 0 fully saturated rings. The van der Waals surface area contributed by atoms with Crippen molar-refractivity contribution in [1.82, 2.24) is 20.2 Å². The van der Waals surface area contributed by atoms with E-state index in [-0.39, 0.29) is 11.6 Å². The number of anilines is 1. The van der Waals surface area contributed by atoms with Gasteiger partial charge in [-0.3, -0.25) is 5.43 Å². The zero-order valence-corrected chi connectivity index (χ0v) is 11.9. The summed E-state index contributed by atoms with van der Waals surface area (Å²) in [5.74, 6) is -0.0762. The van der Waals surface area contributed by atoms with Crippen LogP contribution in [0.15, 0.2) is 53.6 Å². The Morgan fingerprint density at radius 2 is 1.65 bits per heavy atom. The summed E-state index contributed by atoms with van der Waals surface area (Å²) in [5.41, 5.74) is 4.10. The molecular weight excluding hydrogens is 302 g/mol. The van der Waals surface area contributed by atoms with E-state index in [9.17, 15) is 8.78 Å². The van der Waals surface area contributed by atoms with E-state index in [4.69, 9.17) is 0 Å². The molecule has 3 rings (SSSR count). The molecule has 0 bridgehead atoms. The maximum absolute atomic E-state index is 12.9. The third-order valence-electron chi connectivity index (χ3n) is 3.01. The zero-order valence-electron chi connectivity index (χ0n) is 11.9. The molecule has 0 aliphatic heterocycles. The van der Waals surface area contributed by atoms with E-state index in [1.807, 2.05) is 0 Å². The predicted molar refractivity (Wildman–Crippen MR) is 81.3 cm³/mol. The Morgan fingerprint density at radius 3 is 2.35 bits per heavy atom. The minimum absolute atomic E-state index is 0.307. The third kappa shape index (κ3) is 3.73. The molecule has 0 aliphatic carbocycles. The maximum Gasteiger partial charge on any atom is 0.162 e. The van der Waals surface area contributed by atoms with Gasteiger partial charge in [0.1, 0.15) is 11.6 Å². The maximum atomic E-state index is 12.9. The molecule has 2 aromatic carbocycles. The van der Waals surface area contributed by atoms with E-state index in [0.29, 0.717) is 23.6 Å². The molecule has 8 heteroatoms. The van der Waals surface area contributed by atoms with Gasteiger partial charge in [0.25, 0.3) is 0 Å². The summed E-state index contributed by atoms with van der Waals surface area (Å²) >= 11 is 0. The first-order chi connectivity index (χ1) is 11.2. The topological polar surface area (TPSA) is 68.0 Å². The van der Waals surface area contributed by atoms with Gasteiger partial charge in [0, 0.05) is 12.6 Å². The molecule has 0 atom stereocenters. The fourth-order valence-corrected chi connectivity index (χ4v) is 1.89. The monoisotopic (exact) mass is 314 g/mol. The second kappa shape index (κ2) is 6.73. The Bertz CT molecular complexity index is 796. The van der Waals surface area contributed by atoms with Gasteiger partial charge in [-0.05, 0) is 59.0 Å². The number of hydrogen-bond donors (Lipinski definition) is 1. The highest BCUT2D eigenvalue weighted by Crippen LogP contribution is 2.10. The Balaban J connectivity index is 1.65. The van der Waals surface area contributed by atoms with Gasteiger partial charge in [0.2, 0.25) is 0 Å². The lowest BCUT2D eigenvalue weighted by atomic mass is 10.3. The van der Waals surface area contributed by atoms with Crippen LogP contribution in [0.1, 0.15) is 5.82 Å². The van der Waals surface area contributed by atoms with E-state index in [0.717, 1.165) is 0 Å². The molecule has 0 saturated heterocycles. The number of hydrogen-bond acceptors (Lipinski definition) is 5. The highest BCUT2D eigenvalue weighted by Gasteiger charge is 2.06. The summed E-state index contributed by atoms with van der Waals surface area (Å²) in [4.78, 5) is 0. The summed E-state index contributed by atoms with van der Waals surface area (Å²) in [6.07, 6.45) is 1.97. The van der Waals surface area contributed by atoms with Crippen LogP contribution in [-0.4, -0.2) is 26.4 Å². The number of halogens is 2. The number of aromatic nitrogens is 4. The van der Waals surface area contributed by atoms with E-state index < -0.39 is 0 Å². The van der Waals surface area contributed by atoms with Crippen molar-refractivity contribution in [2.75, 3.05) is 5.43 Å². The molecule has 1 N–H and O–H groups in total. The molecule has 23 heavy (non-hydrogen) atoms. The number of nitrogens with one attached hydrogen (secondary N) is 1. The van der Waals surface area contributed by atoms with Crippen molar-refractivity contribution in [3.05, 3.63) is 66.0 Å². The third-order valence-corrected chi connectivity index (χ3v) is 3.01. The number of tetrazole rings is 1. The molecule has 3 aromatic rings. The van der Waals surface area contributed by atoms with Gasteiger partial charge in [-0.1, -0.05) is 0 Å². The van der Waals surface area contributed by atoms with Crippen LogP contribution >= 0.6 is 0 Å². The minimum Gasteiger partial charge on any atom is -0.279 e. The van der Waals surface area contributed by atoms with E-state index in [1.165, 1.54) is 28.9 Å². The Kier molecular flexibility index (Phi) is 4.32. The van der Waals surface area contributed by atoms with Crippen LogP contribution in [0.2, 0.25) is 0 Å². The number of benzene rings is 2. The normalized spacial score (nSPS) is 11.0. The van der Waals surface area contributed by atoms with Crippen LogP contribution in [-0.2, 0) is 6.42 Å². The quantitative estimate of drug-likeness (QED) is 0.580. The van der Waals surface area contributed by atoms with Crippen molar-refractivity contribution in [3.8, 4) is 5.69 Å². The Labute approximate surface area is 130 Å². The summed E-state index contributed by atoms with van der Waals surface area (Å²) in [6, 6.07) is 11.7. The molecule has 0 saturated carbocycles. The molecule has 0 radical (unpaired) electrons. The van der Waals surface area contributed by atoms with Crippen molar-refractivity contribution >= 4 is 11.9 Å². The fraction of sp³-hybridized carbons (Fsp3) is 0.0667. The Morgan fingerprint density at radius 1 is 1.00 bits per heavy atom. The largest absolute Gasteiger partial charge is 0.279 e. The first-order valence-corrected chi connectivity index (χ1v) is 6.79. The van der Waals surface area contributed by atoms with Crippen molar-refractivity contribution in [1.29, 1.82) is 0 Å². The summed E-state index contributed by atoms with van der Waals surface area (Å²) in [7, 11) is 0. The van der Waals surface area contributed by atoms with Gasteiger partial charge in [0.15, 0.2) is 5.82 Å². The van der Waals surface area contributed by atoms with Crippen molar-refractivity contribution in [2.24, 2.45) is 5.10 Å². The second-order valence-electron chi connectivity index (χ2n) is 4.62. The number of hydrazone groups is 1. The molecule has 1 heterocycles. The van der Waals surface area contributed by atoms with Crippen molar-refractivity contribution in [3.63, 3.8) is 0 Å². The number of rotatable bonds is 5. The van der Waals surface area contributed by atoms with Crippen LogP contribution in [0.3, 0.4) is 0 Å². The van der Waals surface area contributed by atoms with Gasteiger partial charge in [-0.25, -0.2) is 8.78 Å². The lowest BCUT2D eigenvalue weighted by Gasteiger charge is -2.02. The molecular formula is C15H12F2N6. The highest BCUT2D eigenvalue weighted by atomic mass is 19.1. The first-order valence-electron chi connectivity index (χ1n) is 6.79. The molecule has 1 aromatic heterocycles. The molecule has 0 aliphatic rings. The van der Waals surface area contributed by atoms with Crippen LogP contribution in [0.4, 0.5) is 14.5 Å². The van der Waals surface area contributed by atoms with E-state index in [2.05, 4.69) is 26.1 Å². The van der Waals surface area contributed by atoms with Gasteiger partial charge in [-0.15, -0.1) is 5.10 Å². The molecule has 0 unspecified atom stereocenters. The van der Waals surface area contributed by atoms with Crippen molar-refractivity contribution in [2.45, 2.75) is 6.42 Å².